The Morgan fingerprint density at radius 1 is 1.30 bits per heavy atom. The van der Waals surface area contributed by atoms with E-state index in [-0.39, 0.29) is 0 Å². The average Bonchev–Trinajstić information content (AvgIpc) is 1.98. The van der Waals surface area contributed by atoms with Gasteiger partial charge in [-0.25, -0.2) is 0 Å². The highest BCUT2D eigenvalue weighted by atomic mass is 32.1. The summed E-state index contributed by atoms with van der Waals surface area (Å²) in [6.07, 6.45) is 8.83. The highest BCUT2D eigenvalue weighted by Crippen LogP contribution is 1.96. The van der Waals surface area contributed by atoms with Gasteiger partial charge in [0, 0.05) is 0 Å². The molecule has 0 nitrogen and oxygen atoms in total. The number of hydrogen-bond acceptors (Lipinski definition) is 1. The number of hydrogen-bond donors (Lipinski definition) is 0. The summed E-state index contributed by atoms with van der Waals surface area (Å²) >= 11 is 5.05. The molecule has 0 aromatic rings. The number of unbranched alkanes of at least 4 members (excludes halogenated alkanes) is 1. The zero-order valence-electron chi connectivity index (χ0n) is 6.89. The monoisotopic (exact) mass is 156 g/mol. The highest BCUT2D eigenvalue weighted by molar-refractivity contribution is 7.80. The van der Waals surface area contributed by atoms with Gasteiger partial charge >= 0.3 is 0 Å². The van der Waals surface area contributed by atoms with E-state index in [1.165, 1.54) is 12.8 Å². The van der Waals surface area contributed by atoms with Crippen molar-refractivity contribution >= 4 is 17.1 Å². The van der Waals surface area contributed by atoms with E-state index in [2.05, 4.69) is 26.0 Å². The van der Waals surface area contributed by atoms with Crippen molar-refractivity contribution < 1.29 is 0 Å². The summed E-state index contributed by atoms with van der Waals surface area (Å²) in [6, 6.07) is 0. The molecule has 0 unspecified atom stereocenters. The molecular formula is C9H16S. The Morgan fingerprint density at radius 3 is 2.50 bits per heavy atom. The fourth-order valence-electron chi connectivity index (χ4n) is 0.644. The molecule has 0 aromatic heterocycles. The molecule has 0 aliphatic carbocycles. The van der Waals surface area contributed by atoms with Crippen molar-refractivity contribution in [3.63, 3.8) is 0 Å². The minimum atomic E-state index is 0.992. The third-order valence-electron chi connectivity index (χ3n) is 1.36. The summed E-state index contributed by atoms with van der Waals surface area (Å²) in [5.41, 5.74) is 0. The minimum absolute atomic E-state index is 0.992. The smallest absolute Gasteiger partial charge is 0.00336 e. The van der Waals surface area contributed by atoms with Gasteiger partial charge < -0.3 is 0 Å². The zero-order valence-corrected chi connectivity index (χ0v) is 7.71. The van der Waals surface area contributed by atoms with E-state index in [9.17, 15) is 0 Å². The SMILES string of the molecule is CCCC=CCC(=S)CC. The van der Waals surface area contributed by atoms with Crippen molar-refractivity contribution in [2.45, 2.75) is 39.5 Å². The second-order valence-corrected chi connectivity index (χ2v) is 2.93. The molecule has 0 heterocycles. The largest absolute Gasteiger partial charge is 0.0894 e. The number of allylic oxidation sites excluding steroid dienone is 2. The molecule has 0 rings (SSSR count). The van der Waals surface area contributed by atoms with Crippen LogP contribution in [0, 0.1) is 0 Å². The summed E-state index contributed by atoms with van der Waals surface area (Å²) in [5.74, 6) is 0. The third-order valence-corrected chi connectivity index (χ3v) is 1.82. The summed E-state index contributed by atoms with van der Waals surface area (Å²) in [7, 11) is 0. The van der Waals surface area contributed by atoms with Crippen molar-refractivity contribution in [1.82, 2.24) is 0 Å². The zero-order chi connectivity index (χ0) is 7.82. The van der Waals surface area contributed by atoms with E-state index in [1.54, 1.807) is 0 Å². The normalized spacial score (nSPS) is 10.6. The van der Waals surface area contributed by atoms with E-state index in [4.69, 9.17) is 12.2 Å². The standard InChI is InChI=1S/C9H16S/c1-3-5-6-7-8-9(10)4-2/h6-7H,3-5,8H2,1-2H3. The summed E-state index contributed by atoms with van der Waals surface area (Å²) < 4.78 is 0. The van der Waals surface area contributed by atoms with Crippen LogP contribution in [0.15, 0.2) is 12.2 Å². The molecular weight excluding hydrogens is 140 g/mol. The van der Waals surface area contributed by atoms with Gasteiger partial charge in [-0.05, 0) is 24.1 Å². The van der Waals surface area contributed by atoms with Crippen molar-refractivity contribution in [3.05, 3.63) is 12.2 Å². The third kappa shape index (κ3) is 5.96. The Bertz CT molecular complexity index is 114. The Morgan fingerprint density at radius 2 is 2.00 bits per heavy atom. The molecule has 1 heteroatoms. The van der Waals surface area contributed by atoms with Crippen LogP contribution in [0.25, 0.3) is 0 Å². The lowest BCUT2D eigenvalue weighted by Crippen LogP contribution is -1.86. The molecule has 0 aliphatic rings. The van der Waals surface area contributed by atoms with E-state index in [1.807, 2.05) is 0 Å². The van der Waals surface area contributed by atoms with Crippen molar-refractivity contribution in [3.8, 4) is 0 Å². The fourth-order valence-corrected chi connectivity index (χ4v) is 0.740. The Kier molecular flexibility index (Phi) is 6.83. The van der Waals surface area contributed by atoms with E-state index >= 15 is 0 Å². The minimum Gasteiger partial charge on any atom is -0.0894 e. The van der Waals surface area contributed by atoms with Crippen LogP contribution in [0.4, 0.5) is 0 Å². The molecule has 0 fully saturated rings. The maximum atomic E-state index is 5.05. The average molecular weight is 156 g/mol. The predicted molar refractivity (Wildman–Crippen MR) is 51.6 cm³/mol. The number of rotatable bonds is 5. The van der Waals surface area contributed by atoms with Gasteiger partial charge in [0.2, 0.25) is 0 Å². The van der Waals surface area contributed by atoms with Crippen molar-refractivity contribution in [2.75, 3.05) is 0 Å². The summed E-state index contributed by atoms with van der Waals surface area (Å²) in [5, 5.41) is 0. The number of thiocarbonyl (C=S) groups is 1. The predicted octanol–water partition coefficient (Wildman–Crippen LogP) is 3.51. The van der Waals surface area contributed by atoms with Gasteiger partial charge in [-0.2, -0.15) is 0 Å². The van der Waals surface area contributed by atoms with Crippen LogP contribution in [-0.2, 0) is 0 Å². The molecule has 0 saturated carbocycles. The maximum Gasteiger partial charge on any atom is -0.00336 e. The molecule has 10 heavy (non-hydrogen) atoms. The molecule has 0 amide bonds. The van der Waals surface area contributed by atoms with E-state index in [0.29, 0.717) is 0 Å². The summed E-state index contributed by atoms with van der Waals surface area (Å²) in [6.45, 7) is 4.29. The van der Waals surface area contributed by atoms with Gasteiger partial charge in [0.1, 0.15) is 0 Å². The van der Waals surface area contributed by atoms with Crippen LogP contribution in [0.3, 0.4) is 0 Å². The molecule has 0 N–H and O–H groups in total. The molecule has 0 aromatic carbocycles. The van der Waals surface area contributed by atoms with Gasteiger partial charge in [0.15, 0.2) is 0 Å². The van der Waals surface area contributed by atoms with E-state index in [0.717, 1.165) is 17.7 Å². The second kappa shape index (κ2) is 6.94. The van der Waals surface area contributed by atoms with Crippen molar-refractivity contribution in [1.29, 1.82) is 0 Å². The Balaban J connectivity index is 3.25. The summed E-state index contributed by atoms with van der Waals surface area (Å²) in [4.78, 5) is 1.16. The molecule has 0 saturated heterocycles. The molecule has 0 atom stereocenters. The first kappa shape index (κ1) is 9.83. The molecule has 0 radical (unpaired) electrons. The van der Waals surface area contributed by atoms with Crippen LogP contribution < -0.4 is 0 Å². The molecule has 58 valence electrons. The van der Waals surface area contributed by atoms with Gasteiger partial charge in [-0.3, -0.25) is 0 Å². The first-order valence-corrected chi connectivity index (χ1v) is 4.38. The van der Waals surface area contributed by atoms with Crippen LogP contribution in [0.2, 0.25) is 0 Å². The van der Waals surface area contributed by atoms with Crippen LogP contribution in [0.5, 0.6) is 0 Å². The first-order valence-electron chi connectivity index (χ1n) is 3.98. The first-order chi connectivity index (χ1) is 4.81. The van der Waals surface area contributed by atoms with Crippen LogP contribution in [-0.4, -0.2) is 4.86 Å². The Labute approximate surface area is 69.3 Å². The molecule has 0 aliphatic heterocycles. The maximum absolute atomic E-state index is 5.05. The van der Waals surface area contributed by atoms with Gasteiger partial charge in [-0.1, -0.05) is 44.6 Å². The quantitative estimate of drug-likeness (QED) is 0.433. The van der Waals surface area contributed by atoms with Crippen molar-refractivity contribution in [2.24, 2.45) is 0 Å². The van der Waals surface area contributed by atoms with Crippen LogP contribution >= 0.6 is 12.2 Å². The van der Waals surface area contributed by atoms with Gasteiger partial charge in [-0.15, -0.1) is 0 Å². The lowest BCUT2D eigenvalue weighted by Gasteiger charge is -1.91. The van der Waals surface area contributed by atoms with Crippen LogP contribution in [0.1, 0.15) is 39.5 Å². The van der Waals surface area contributed by atoms with Gasteiger partial charge in [0.25, 0.3) is 0 Å². The van der Waals surface area contributed by atoms with Gasteiger partial charge in [0.05, 0.1) is 0 Å². The molecule has 0 spiro atoms. The fraction of sp³-hybridized carbons (Fsp3) is 0.667. The lowest BCUT2D eigenvalue weighted by molar-refractivity contribution is 0.955. The highest BCUT2D eigenvalue weighted by Gasteiger charge is 1.85. The Hall–Kier alpha value is -0.170. The van der Waals surface area contributed by atoms with E-state index < -0.39 is 0 Å². The molecule has 0 bridgehead atoms. The second-order valence-electron chi connectivity index (χ2n) is 2.36. The lowest BCUT2D eigenvalue weighted by atomic mass is 10.2. The topological polar surface area (TPSA) is 0 Å².